The topological polar surface area (TPSA) is 65.9 Å². The molecule has 28 heavy (non-hydrogen) atoms. The van der Waals surface area contributed by atoms with E-state index in [1.807, 2.05) is 6.07 Å². The number of aromatic amines is 1. The molecule has 9 heteroatoms. The number of aliphatic hydroxyl groups excluding tert-OH is 1. The van der Waals surface area contributed by atoms with Crippen molar-refractivity contribution in [2.75, 3.05) is 5.32 Å². The van der Waals surface area contributed by atoms with E-state index < -0.39 is 17.8 Å². The molecule has 0 spiro atoms. The number of aromatic nitrogens is 3. The van der Waals surface area contributed by atoms with Gasteiger partial charge in [-0.05, 0) is 43.3 Å². The van der Waals surface area contributed by atoms with Crippen LogP contribution in [-0.2, 0) is 12.7 Å². The Hall–Kier alpha value is -2.71. The Kier molecular flexibility index (Phi) is 4.47. The van der Waals surface area contributed by atoms with E-state index in [0.29, 0.717) is 22.2 Å². The molecule has 146 valence electrons. The predicted molar refractivity (Wildman–Crippen MR) is 103 cm³/mol. The van der Waals surface area contributed by atoms with E-state index in [9.17, 15) is 18.3 Å². The zero-order valence-electron chi connectivity index (χ0n) is 14.7. The molecule has 0 unspecified atom stereocenters. The van der Waals surface area contributed by atoms with Crippen LogP contribution in [0.3, 0.4) is 0 Å². The smallest absolute Gasteiger partial charge is 0.392 e. The summed E-state index contributed by atoms with van der Waals surface area (Å²) in [6.45, 7) is 1.78. The van der Waals surface area contributed by atoms with Crippen LogP contribution in [0.5, 0.6) is 0 Å². The maximum Gasteiger partial charge on any atom is 0.416 e. The van der Waals surface area contributed by atoms with Crippen molar-refractivity contribution in [3.05, 3.63) is 53.2 Å². The van der Waals surface area contributed by atoms with E-state index in [2.05, 4.69) is 15.3 Å². The number of fused-ring (bicyclic) bond motifs is 2. The summed E-state index contributed by atoms with van der Waals surface area (Å²) in [4.78, 5) is 7.44. The standard InChI is InChI=1S/C19H16ClF3N4O/c1-10(28)9-27-17-5-2-11(19(21,22)23)6-15(17)25-18(27)26-16-8-24-14-4-3-12(20)7-13(14)16/h2-8,10,24,28H,9H2,1H3,(H,25,26)/t10-/m1/s1. The maximum absolute atomic E-state index is 13.0. The lowest BCUT2D eigenvalue weighted by molar-refractivity contribution is -0.137. The first-order valence-electron chi connectivity index (χ1n) is 8.51. The van der Waals surface area contributed by atoms with Gasteiger partial charge in [-0.2, -0.15) is 13.2 Å². The molecule has 0 fully saturated rings. The minimum absolute atomic E-state index is 0.174. The zero-order chi connectivity index (χ0) is 20.1. The first-order chi connectivity index (χ1) is 13.2. The molecule has 0 bridgehead atoms. The Morgan fingerprint density at radius 1 is 1.25 bits per heavy atom. The van der Waals surface area contributed by atoms with Crippen LogP contribution >= 0.6 is 11.6 Å². The molecule has 2 aromatic heterocycles. The van der Waals surface area contributed by atoms with E-state index in [1.165, 1.54) is 6.07 Å². The summed E-state index contributed by atoms with van der Waals surface area (Å²) >= 11 is 6.07. The molecule has 0 amide bonds. The monoisotopic (exact) mass is 408 g/mol. The van der Waals surface area contributed by atoms with Gasteiger partial charge in [-0.25, -0.2) is 4.98 Å². The predicted octanol–water partition coefficient (Wildman–Crippen LogP) is 5.31. The van der Waals surface area contributed by atoms with Gasteiger partial charge in [0.15, 0.2) is 0 Å². The fraction of sp³-hybridized carbons (Fsp3) is 0.211. The number of benzene rings is 2. The number of imidazole rings is 1. The molecular formula is C19H16ClF3N4O. The number of hydrogen-bond donors (Lipinski definition) is 3. The van der Waals surface area contributed by atoms with Crippen LogP contribution in [0.2, 0.25) is 5.02 Å². The van der Waals surface area contributed by atoms with E-state index in [1.54, 1.807) is 29.8 Å². The first-order valence-corrected chi connectivity index (χ1v) is 8.89. The quantitative estimate of drug-likeness (QED) is 0.428. The number of halogens is 4. The highest BCUT2D eigenvalue weighted by atomic mass is 35.5. The number of nitrogens with zero attached hydrogens (tertiary/aromatic N) is 2. The Morgan fingerprint density at radius 2 is 2.04 bits per heavy atom. The van der Waals surface area contributed by atoms with Crippen LogP contribution in [0.25, 0.3) is 21.9 Å². The van der Waals surface area contributed by atoms with Crippen LogP contribution in [0.4, 0.5) is 24.8 Å². The number of alkyl halides is 3. The summed E-state index contributed by atoms with van der Waals surface area (Å²) in [5.74, 6) is 0.330. The number of hydrogen-bond acceptors (Lipinski definition) is 3. The molecule has 0 aliphatic carbocycles. The molecule has 4 aromatic rings. The molecule has 1 atom stereocenters. The largest absolute Gasteiger partial charge is 0.416 e. The normalized spacial score (nSPS) is 13.4. The summed E-state index contributed by atoms with van der Waals surface area (Å²) in [6, 6.07) is 8.75. The van der Waals surface area contributed by atoms with Crippen molar-refractivity contribution < 1.29 is 18.3 Å². The highest BCUT2D eigenvalue weighted by Gasteiger charge is 2.31. The number of anilines is 2. The Balaban J connectivity index is 1.83. The van der Waals surface area contributed by atoms with Crippen LogP contribution in [0.15, 0.2) is 42.6 Å². The van der Waals surface area contributed by atoms with Crippen molar-refractivity contribution >= 4 is 45.2 Å². The summed E-state index contributed by atoms with van der Waals surface area (Å²) in [5, 5.41) is 14.4. The summed E-state index contributed by atoms with van der Waals surface area (Å²) < 4.78 is 40.8. The fourth-order valence-corrected chi connectivity index (χ4v) is 3.34. The minimum Gasteiger partial charge on any atom is -0.392 e. The molecule has 0 saturated carbocycles. The number of nitrogens with one attached hydrogen (secondary N) is 2. The maximum atomic E-state index is 13.0. The molecule has 0 radical (unpaired) electrons. The van der Waals surface area contributed by atoms with Gasteiger partial charge in [0.05, 0.1) is 34.9 Å². The van der Waals surface area contributed by atoms with Gasteiger partial charge in [0.2, 0.25) is 5.95 Å². The highest BCUT2D eigenvalue weighted by Crippen LogP contribution is 2.34. The van der Waals surface area contributed by atoms with E-state index in [4.69, 9.17) is 11.6 Å². The molecular weight excluding hydrogens is 393 g/mol. The van der Waals surface area contributed by atoms with Gasteiger partial charge in [-0.15, -0.1) is 0 Å². The van der Waals surface area contributed by atoms with Crippen LogP contribution in [0, 0.1) is 0 Å². The second-order valence-corrected chi connectivity index (χ2v) is 7.05. The van der Waals surface area contributed by atoms with E-state index >= 15 is 0 Å². The van der Waals surface area contributed by atoms with Crippen molar-refractivity contribution in [3.63, 3.8) is 0 Å². The first kappa shape index (κ1) is 18.6. The van der Waals surface area contributed by atoms with Crippen LogP contribution < -0.4 is 5.32 Å². The molecule has 2 heterocycles. The summed E-state index contributed by atoms with van der Waals surface area (Å²) in [7, 11) is 0. The Morgan fingerprint density at radius 3 is 2.75 bits per heavy atom. The highest BCUT2D eigenvalue weighted by molar-refractivity contribution is 6.31. The van der Waals surface area contributed by atoms with Gasteiger partial charge in [0.1, 0.15) is 0 Å². The number of rotatable bonds is 4. The third-order valence-corrected chi connectivity index (χ3v) is 4.65. The fourth-order valence-electron chi connectivity index (χ4n) is 3.17. The van der Waals surface area contributed by atoms with Crippen molar-refractivity contribution in [3.8, 4) is 0 Å². The van der Waals surface area contributed by atoms with Gasteiger partial charge in [0, 0.05) is 22.1 Å². The Labute approximate surface area is 162 Å². The minimum atomic E-state index is -4.45. The van der Waals surface area contributed by atoms with Crippen LogP contribution in [0.1, 0.15) is 12.5 Å². The summed E-state index contributed by atoms with van der Waals surface area (Å²) in [5.41, 5.74) is 1.44. The molecule has 2 aromatic carbocycles. The summed E-state index contributed by atoms with van der Waals surface area (Å²) in [6.07, 6.45) is -3.44. The Bertz CT molecular complexity index is 1160. The van der Waals surface area contributed by atoms with Gasteiger partial charge >= 0.3 is 6.18 Å². The van der Waals surface area contributed by atoms with Crippen molar-refractivity contribution in [1.29, 1.82) is 0 Å². The molecule has 3 N–H and O–H groups in total. The molecule has 0 aliphatic heterocycles. The third kappa shape index (κ3) is 3.41. The molecule has 0 saturated heterocycles. The average molecular weight is 409 g/mol. The van der Waals surface area contributed by atoms with Gasteiger partial charge < -0.3 is 20.0 Å². The molecule has 0 aliphatic rings. The van der Waals surface area contributed by atoms with Crippen LogP contribution in [-0.4, -0.2) is 25.7 Å². The lowest BCUT2D eigenvalue weighted by Gasteiger charge is -2.12. The van der Waals surface area contributed by atoms with Gasteiger partial charge in [0.25, 0.3) is 0 Å². The number of H-pyrrole nitrogens is 1. The zero-order valence-corrected chi connectivity index (χ0v) is 15.4. The lowest BCUT2D eigenvalue weighted by atomic mass is 10.2. The third-order valence-electron chi connectivity index (χ3n) is 4.41. The van der Waals surface area contributed by atoms with E-state index in [-0.39, 0.29) is 12.1 Å². The van der Waals surface area contributed by atoms with Gasteiger partial charge in [-0.3, -0.25) is 0 Å². The van der Waals surface area contributed by atoms with E-state index in [0.717, 1.165) is 23.0 Å². The second kappa shape index (κ2) is 6.72. The second-order valence-electron chi connectivity index (χ2n) is 6.61. The SMILES string of the molecule is C[C@@H](O)Cn1c(Nc2c[nH]c3ccc(Cl)cc23)nc2cc(C(F)(F)F)ccc21. The number of aliphatic hydroxyl groups is 1. The molecule has 5 nitrogen and oxygen atoms in total. The van der Waals surface area contributed by atoms with Crippen molar-refractivity contribution in [1.82, 2.24) is 14.5 Å². The lowest BCUT2D eigenvalue weighted by Crippen LogP contribution is -2.13. The average Bonchev–Trinajstić information content (AvgIpc) is 3.15. The molecule has 4 rings (SSSR count). The van der Waals surface area contributed by atoms with Gasteiger partial charge in [-0.1, -0.05) is 11.6 Å². The van der Waals surface area contributed by atoms with Crippen molar-refractivity contribution in [2.24, 2.45) is 0 Å². The van der Waals surface area contributed by atoms with Crippen molar-refractivity contribution in [2.45, 2.75) is 25.7 Å².